The number of nitrogen functional groups attached to an aromatic ring is 3. The lowest BCUT2D eigenvalue weighted by Crippen LogP contribution is -2.45. The molecule has 15 heteroatoms. The van der Waals surface area contributed by atoms with Crippen molar-refractivity contribution in [2.24, 2.45) is 11.8 Å². The molecule has 8 N–H and O–H groups in total. The average molecular weight is 769 g/mol. The Balaban J connectivity index is 0.000000775. The van der Waals surface area contributed by atoms with E-state index in [1.54, 1.807) is 49.9 Å². The number of terminal acetylenes is 1. The maximum atomic E-state index is 12.4. The molecule has 2 aliphatic heterocycles. The van der Waals surface area contributed by atoms with Crippen LogP contribution in [0.25, 0.3) is 0 Å². The molecular formula is C37H56Cl2N6O7. The third kappa shape index (κ3) is 19.7. The lowest BCUT2D eigenvalue weighted by Gasteiger charge is -2.33. The number of likely N-dealkylation sites (tertiary alicyclic amines) is 2. The van der Waals surface area contributed by atoms with E-state index >= 15 is 0 Å². The highest BCUT2D eigenvalue weighted by Crippen LogP contribution is 2.23. The molecule has 2 saturated heterocycles. The number of carboxylic acid groups (broad SMARTS) is 1. The van der Waals surface area contributed by atoms with Crippen molar-refractivity contribution < 1.29 is 35.1 Å². The molecule has 2 fully saturated rings. The van der Waals surface area contributed by atoms with Gasteiger partial charge in [0.15, 0.2) is 0 Å². The number of amides is 3. The molecule has 0 saturated carbocycles. The summed E-state index contributed by atoms with van der Waals surface area (Å²) in [5, 5.41) is 11.9. The molecule has 3 amide bonds. The van der Waals surface area contributed by atoms with Crippen molar-refractivity contribution in [3.63, 3.8) is 0 Å². The number of carboxylic acids is 1. The number of benzene rings is 2. The van der Waals surface area contributed by atoms with E-state index in [2.05, 4.69) is 11.7 Å². The van der Waals surface area contributed by atoms with Crippen LogP contribution in [0, 0.1) is 24.7 Å². The van der Waals surface area contributed by atoms with Gasteiger partial charge in [-0.25, -0.2) is 9.59 Å². The van der Waals surface area contributed by atoms with E-state index in [1.165, 1.54) is 11.3 Å². The van der Waals surface area contributed by atoms with Crippen molar-refractivity contribution in [2.45, 2.75) is 78.4 Å². The predicted octanol–water partition coefficient (Wildman–Crippen LogP) is 7.09. The van der Waals surface area contributed by atoms with Gasteiger partial charge in [-0.3, -0.25) is 9.59 Å². The first-order chi connectivity index (χ1) is 24.7. The Morgan fingerprint density at radius 2 is 1.17 bits per heavy atom. The van der Waals surface area contributed by atoms with Crippen LogP contribution in [0.2, 0.25) is 0 Å². The molecule has 290 valence electrons. The zero-order chi connectivity index (χ0) is 40.8. The Kier molecular flexibility index (Phi) is 20.9. The number of para-hydroxylation sites is 4. The number of rotatable bonds is 3. The number of nitrogens with two attached hydrogens (primary N) is 3. The summed E-state index contributed by atoms with van der Waals surface area (Å²) < 4.78 is 16.3. The average Bonchev–Trinajstić information content (AvgIpc) is 3.07. The molecule has 52 heavy (non-hydrogen) atoms. The molecule has 4 rings (SSSR count). The van der Waals surface area contributed by atoms with Gasteiger partial charge in [0.2, 0.25) is 5.91 Å². The molecule has 13 nitrogen and oxygen atoms in total. The fraction of sp³-hybridized carbons (Fsp3) is 0.514. The highest BCUT2D eigenvalue weighted by molar-refractivity contribution is 6.40. The molecular weight excluding hydrogens is 711 g/mol. The first kappa shape index (κ1) is 45.5. The van der Waals surface area contributed by atoms with Crippen LogP contribution in [0.1, 0.15) is 68.6 Å². The van der Waals surface area contributed by atoms with Gasteiger partial charge in [-0.05, 0) is 91.5 Å². The smallest absolute Gasteiger partial charge is 0.410 e. The number of carbonyl (C=O) groups excluding carboxylic acids is 3. The van der Waals surface area contributed by atoms with E-state index in [0.29, 0.717) is 48.8 Å². The molecule has 0 aromatic heterocycles. The van der Waals surface area contributed by atoms with Gasteiger partial charge in [0.1, 0.15) is 12.6 Å². The number of piperidine rings is 2. The molecule has 0 bridgehead atoms. The Bertz CT molecular complexity index is 1460. The minimum absolute atomic E-state index is 0.115. The van der Waals surface area contributed by atoms with Crippen molar-refractivity contribution >= 4 is 70.0 Å². The zero-order valence-electron chi connectivity index (χ0n) is 32.0. The lowest BCUT2D eigenvalue weighted by molar-refractivity contribution is -0.143. The van der Waals surface area contributed by atoms with E-state index in [1.807, 2.05) is 45.0 Å². The number of hydrogen-bond donors (Lipinski definition) is 5. The highest BCUT2D eigenvalue weighted by atomic mass is 35.5. The second-order valence-corrected chi connectivity index (χ2v) is 14.5. The normalized spacial score (nSPS) is 16.7. The third-order valence-electron chi connectivity index (χ3n) is 7.08. The van der Waals surface area contributed by atoms with Crippen LogP contribution in [-0.4, -0.2) is 81.7 Å². The molecule has 0 radical (unpaired) electrons. The number of carbonyl (C=O) groups is 4. The van der Waals surface area contributed by atoms with Crippen LogP contribution in [0.4, 0.5) is 32.3 Å². The summed E-state index contributed by atoms with van der Waals surface area (Å²) in [4.78, 5) is 50.2. The summed E-state index contributed by atoms with van der Waals surface area (Å²) in [6.07, 6.45) is 7.86. The van der Waals surface area contributed by atoms with Crippen LogP contribution in [0.5, 0.6) is 0 Å². The summed E-state index contributed by atoms with van der Waals surface area (Å²) in [6, 6.07) is 14.4. The Hall–Kier alpha value is -4.54. The van der Waals surface area contributed by atoms with Gasteiger partial charge < -0.3 is 46.9 Å². The van der Waals surface area contributed by atoms with Gasteiger partial charge in [-0.15, -0.1) is 36.0 Å². The van der Waals surface area contributed by atoms with Crippen LogP contribution in [0.15, 0.2) is 48.5 Å². The Labute approximate surface area is 319 Å². The number of anilines is 4. The first-order valence-corrected chi connectivity index (χ1v) is 17.7. The van der Waals surface area contributed by atoms with Gasteiger partial charge in [-0.1, -0.05) is 24.3 Å². The van der Waals surface area contributed by atoms with Crippen molar-refractivity contribution in [2.75, 3.05) is 54.0 Å². The van der Waals surface area contributed by atoms with Gasteiger partial charge in [0.25, 0.3) is 0 Å². The summed E-state index contributed by atoms with van der Waals surface area (Å²) in [6.45, 7) is 12.7. The highest BCUT2D eigenvalue weighted by Gasteiger charge is 2.32. The van der Waals surface area contributed by atoms with Crippen LogP contribution in [-0.2, 0) is 19.1 Å². The quantitative estimate of drug-likeness (QED) is 0.122. The number of nitrogens with zero attached hydrogens (tertiary/aromatic N) is 2. The van der Waals surface area contributed by atoms with E-state index in [0.717, 1.165) is 19.3 Å². The van der Waals surface area contributed by atoms with Crippen molar-refractivity contribution in [3.05, 3.63) is 48.5 Å². The fourth-order valence-corrected chi connectivity index (χ4v) is 4.71. The number of ether oxygens (including phenoxy) is 2. The van der Waals surface area contributed by atoms with Crippen LogP contribution < -0.4 is 22.5 Å². The van der Waals surface area contributed by atoms with Gasteiger partial charge in [0, 0.05) is 26.2 Å². The van der Waals surface area contributed by atoms with E-state index in [4.69, 9.17) is 56.4 Å². The van der Waals surface area contributed by atoms with E-state index in [-0.39, 0.29) is 29.8 Å². The van der Waals surface area contributed by atoms with E-state index in [9.17, 15) is 19.2 Å². The van der Waals surface area contributed by atoms with Gasteiger partial charge in [0.05, 0.1) is 39.9 Å². The molecule has 0 spiro atoms. The third-order valence-corrected chi connectivity index (χ3v) is 7.08. The van der Waals surface area contributed by atoms with E-state index < -0.39 is 29.2 Å². The molecule has 2 atom stereocenters. The maximum absolute atomic E-state index is 12.4. The maximum Gasteiger partial charge on any atom is 0.410 e. The summed E-state index contributed by atoms with van der Waals surface area (Å²) in [5.41, 5.74) is 18.0. The summed E-state index contributed by atoms with van der Waals surface area (Å²) in [7, 11) is 0. The van der Waals surface area contributed by atoms with Crippen molar-refractivity contribution in [1.29, 1.82) is 0 Å². The summed E-state index contributed by atoms with van der Waals surface area (Å²) in [5.74, 6) is -1.67. The second-order valence-electron chi connectivity index (χ2n) is 13.7. The second kappa shape index (κ2) is 23.8. The number of hydrogen-bond acceptors (Lipinski definition) is 9. The standard InChI is InChI=1S/C17H25N3O3.C11H19NO4.C6H8N2.C2H2.CH2Cl2/c1-17(2,3)23-16(22)20-10-6-7-12(11-20)15(21)19-14-9-5-4-8-13(14)18;1-11(2,3)16-10(15)12-6-4-5-8(7-12)9(13)14;7-5-3-1-2-4-6(5)8;1-2;2-1-3/h4-5,8-9,12H,6-7,10-11,18H2,1-3H3,(H,19,21);8H,4-7H2,1-3H3,(H,13,14);1-4H,7-8H2;1-2H;1H2/t12-;8-;;;/m11.../s1/i;;;1D;. The molecule has 2 aliphatic rings. The van der Waals surface area contributed by atoms with Crippen LogP contribution in [0.3, 0.4) is 0 Å². The minimum atomic E-state index is -0.840. The number of halogens is 2. The summed E-state index contributed by atoms with van der Waals surface area (Å²) >= 11 is 9.53. The monoisotopic (exact) mass is 767 g/mol. The molecule has 2 heterocycles. The first-order valence-electron chi connectivity index (χ1n) is 17.1. The predicted molar refractivity (Wildman–Crippen MR) is 210 cm³/mol. The van der Waals surface area contributed by atoms with Crippen molar-refractivity contribution in [3.8, 4) is 12.8 Å². The zero-order valence-corrected chi connectivity index (χ0v) is 32.5. The fourth-order valence-electron chi connectivity index (χ4n) is 4.71. The van der Waals surface area contributed by atoms with Gasteiger partial charge in [-0.2, -0.15) is 0 Å². The molecule has 0 unspecified atom stereocenters. The number of nitrogens with one attached hydrogen (secondary N) is 1. The number of aliphatic carboxylic acids is 1. The topological polar surface area (TPSA) is 204 Å². The minimum Gasteiger partial charge on any atom is -0.481 e. The largest absolute Gasteiger partial charge is 0.481 e. The van der Waals surface area contributed by atoms with Crippen LogP contribution >= 0.6 is 23.2 Å². The van der Waals surface area contributed by atoms with Gasteiger partial charge >= 0.3 is 18.2 Å². The number of alkyl halides is 2. The molecule has 2 aromatic rings. The SMILES string of the molecule is CC(C)(C)OC(=O)N1CCC[C@@H](C(=O)Nc2ccccc2N)C1.CC(C)(C)OC(=O)N1CCC[C@@H](C(=O)O)C1.ClCCl.Nc1ccccc1N.[2H]C#C. The Morgan fingerprint density at radius 3 is 1.54 bits per heavy atom. The molecule has 0 aliphatic carbocycles. The molecule has 2 aromatic carbocycles. The lowest BCUT2D eigenvalue weighted by atomic mass is 9.97. The van der Waals surface area contributed by atoms with Crippen molar-refractivity contribution in [1.82, 2.24) is 9.80 Å². The Morgan fingerprint density at radius 1 is 0.808 bits per heavy atom.